The molecule has 8 heavy (non-hydrogen) atoms. The minimum atomic E-state index is -1.29. The molecule has 1 aliphatic heterocycles. The van der Waals surface area contributed by atoms with Gasteiger partial charge in [0.25, 0.3) is 0 Å². The summed E-state index contributed by atoms with van der Waals surface area (Å²) >= 11 is 5.28. The molecule has 1 heterocycles. The Morgan fingerprint density at radius 1 is 1.88 bits per heavy atom. The van der Waals surface area contributed by atoms with Crippen molar-refractivity contribution in [2.75, 3.05) is 5.88 Å². The Labute approximate surface area is 51.9 Å². The molecular formula is C4H6ClNO2. The molecule has 0 saturated heterocycles. The van der Waals surface area contributed by atoms with E-state index in [1.54, 1.807) is 0 Å². The zero-order valence-electron chi connectivity index (χ0n) is 4.10. The second-order valence-corrected chi connectivity index (χ2v) is 1.80. The van der Waals surface area contributed by atoms with E-state index in [0.29, 0.717) is 0 Å². The SMILES string of the molecule is OC1(CCl)C=CNO1. The van der Waals surface area contributed by atoms with E-state index in [1.165, 1.54) is 12.3 Å². The van der Waals surface area contributed by atoms with Gasteiger partial charge in [0.05, 0.1) is 5.88 Å². The van der Waals surface area contributed by atoms with Crippen LogP contribution < -0.4 is 5.48 Å². The fraction of sp³-hybridized carbons (Fsp3) is 0.500. The number of halogens is 1. The van der Waals surface area contributed by atoms with E-state index in [9.17, 15) is 0 Å². The van der Waals surface area contributed by atoms with Gasteiger partial charge in [-0.15, -0.1) is 11.6 Å². The first-order valence-corrected chi connectivity index (χ1v) is 2.70. The van der Waals surface area contributed by atoms with E-state index >= 15 is 0 Å². The van der Waals surface area contributed by atoms with E-state index < -0.39 is 5.79 Å². The van der Waals surface area contributed by atoms with Crippen LogP contribution in [-0.2, 0) is 4.84 Å². The molecule has 4 heteroatoms. The highest BCUT2D eigenvalue weighted by atomic mass is 35.5. The van der Waals surface area contributed by atoms with Crippen LogP contribution in [0.5, 0.6) is 0 Å². The van der Waals surface area contributed by atoms with Gasteiger partial charge >= 0.3 is 0 Å². The molecule has 3 nitrogen and oxygen atoms in total. The molecule has 2 N–H and O–H groups in total. The summed E-state index contributed by atoms with van der Waals surface area (Å²) in [5.41, 5.74) is 2.35. The van der Waals surface area contributed by atoms with Gasteiger partial charge in [-0.05, 0) is 6.08 Å². The first kappa shape index (κ1) is 5.88. The first-order chi connectivity index (χ1) is 3.77. The second kappa shape index (κ2) is 1.93. The molecule has 1 atom stereocenters. The number of nitrogens with one attached hydrogen (secondary N) is 1. The maximum atomic E-state index is 9.00. The fourth-order valence-corrected chi connectivity index (χ4v) is 0.550. The van der Waals surface area contributed by atoms with Crippen LogP contribution in [-0.4, -0.2) is 16.8 Å². The van der Waals surface area contributed by atoms with Gasteiger partial charge in [0.1, 0.15) is 0 Å². The molecule has 0 aromatic carbocycles. The summed E-state index contributed by atoms with van der Waals surface area (Å²) in [5.74, 6) is -1.25. The van der Waals surface area contributed by atoms with Gasteiger partial charge < -0.3 is 5.11 Å². The molecule has 1 rings (SSSR count). The minimum absolute atomic E-state index is 0.0382. The standard InChI is InChI=1S/C4H6ClNO2/c5-3-4(7)1-2-6-8-4/h1-2,6-7H,3H2. The number of hydrogen-bond acceptors (Lipinski definition) is 3. The normalized spacial score (nSPS) is 35.2. The molecule has 0 bridgehead atoms. The minimum Gasteiger partial charge on any atom is -0.360 e. The predicted molar refractivity (Wildman–Crippen MR) is 29.0 cm³/mol. The van der Waals surface area contributed by atoms with Crippen LogP contribution in [0.1, 0.15) is 0 Å². The summed E-state index contributed by atoms with van der Waals surface area (Å²) in [6, 6.07) is 0. The van der Waals surface area contributed by atoms with Gasteiger partial charge in [-0.25, -0.2) is 4.84 Å². The number of hydroxylamine groups is 1. The van der Waals surface area contributed by atoms with E-state index in [4.69, 9.17) is 16.7 Å². The third-order valence-corrected chi connectivity index (χ3v) is 1.22. The Balaban J connectivity index is 2.54. The Morgan fingerprint density at radius 2 is 2.62 bits per heavy atom. The Bertz CT molecular complexity index is 117. The molecule has 0 amide bonds. The van der Waals surface area contributed by atoms with Crippen LogP contribution >= 0.6 is 11.6 Å². The predicted octanol–water partition coefficient (Wildman–Crippen LogP) is -0.0377. The maximum Gasteiger partial charge on any atom is 0.226 e. The fourth-order valence-electron chi connectivity index (χ4n) is 0.406. The monoisotopic (exact) mass is 135 g/mol. The van der Waals surface area contributed by atoms with Gasteiger partial charge in [-0.2, -0.15) is 0 Å². The Hall–Kier alpha value is -0.250. The first-order valence-electron chi connectivity index (χ1n) is 2.16. The van der Waals surface area contributed by atoms with Crippen LogP contribution in [0.4, 0.5) is 0 Å². The molecule has 0 saturated carbocycles. The second-order valence-electron chi connectivity index (χ2n) is 1.53. The molecule has 0 aromatic heterocycles. The molecular weight excluding hydrogens is 130 g/mol. The molecule has 1 unspecified atom stereocenters. The van der Waals surface area contributed by atoms with Crippen molar-refractivity contribution in [1.29, 1.82) is 0 Å². The van der Waals surface area contributed by atoms with Crippen molar-refractivity contribution in [2.24, 2.45) is 0 Å². The molecule has 0 aliphatic carbocycles. The van der Waals surface area contributed by atoms with Crippen LogP contribution in [0.15, 0.2) is 12.3 Å². The van der Waals surface area contributed by atoms with E-state index in [0.717, 1.165) is 0 Å². The van der Waals surface area contributed by atoms with Crippen LogP contribution in [0.2, 0.25) is 0 Å². The van der Waals surface area contributed by atoms with E-state index in [2.05, 4.69) is 10.3 Å². The van der Waals surface area contributed by atoms with Crippen LogP contribution in [0, 0.1) is 0 Å². The van der Waals surface area contributed by atoms with Crippen molar-refractivity contribution in [3.63, 3.8) is 0 Å². The molecule has 46 valence electrons. The summed E-state index contributed by atoms with van der Waals surface area (Å²) in [7, 11) is 0. The van der Waals surface area contributed by atoms with Crippen molar-refractivity contribution in [2.45, 2.75) is 5.79 Å². The Morgan fingerprint density at radius 3 is 2.88 bits per heavy atom. The molecule has 0 aromatic rings. The van der Waals surface area contributed by atoms with Crippen LogP contribution in [0.25, 0.3) is 0 Å². The Kier molecular flexibility index (Phi) is 1.42. The summed E-state index contributed by atoms with van der Waals surface area (Å²) < 4.78 is 0. The lowest BCUT2D eigenvalue weighted by atomic mass is 10.3. The van der Waals surface area contributed by atoms with Crippen molar-refractivity contribution in [3.8, 4) is 0 Å². The molecule has 0 spiro atoms. The summed E-state index contributed by atoms with van der Waals surface area (Å²) in [4.78, 5) is 4.55. The third-order valence-electron chi connectivity index (χ3n) is 0.839. The quantitative estimate of drug-likeness (QED) is 0.496. The van der Waals surface area contributed by atoms with Crippen molar-refractivity contribution in [3.05, 3.63) is 12.3 Å². The van der Waals surface area contributed by atoms with Crippen LogP contribution in [0.3, 0.4) is 0 Å². The van der Waals surface area contributed by atoms with Crippen molar-refractivity contribution < 1.29 is 9.94 Å². The highest BCUT2D eigenvalue weighted by molar-refractivity contribution is 6.18. The van der Waals surface area contributed by atoms with Gasteiger partial charge in [0.15, 0.2) is 0 Å². The summed E-state index contributed by atoms with van der Waals surface area (Å²) in [6.07, 6.45) is 2.93. The number of hydrogen-bond donors (Lipinski definition) is 2. The zero-order valence-corrected chi connectivity index (χ0v) is 4.85. The summed E-state index contributed by atoms with van der Waals surface area (Å²) in [5, 5.41) is 9.00. The number of aliphatic hydroxyl groups is 1. The lowest BCUT2D eigenvalue weighted by Gasteiger charge is -2.13. The van der Waals surface area contributed by atoms with Gasteiger partial charge in [0.2, 0.25) is 5.79 Å². The highest BCUT2D eigenvalue weighted by Crippen LogP contribution is 2.12. The molecule has 0 fully saturated rings. The average Bonchev–Trinajstić information content (AvgIpc) is 2.17. The van der Waals surface area contributed by atoms with Crippen molar-refractivity contribution >= 4 is 11.6 Å². The van der Waals surface area contributed by atoms with E-state index in [-0.39, 0.29) is 5.88 Å². The largest absolute Gasteiger partial charge is 0.360 e. The van der Waals surface area contributed by atoms with Crippen molar-refractivity contribution in [1.82, 2.24) is 5.48 Å². The average molecular weight is 136 g/mol. The highest BCUT2D eigenvalue weighted by Gasteiger charge is 2.26. The van der Waals surface area contributed by atoms with Gasteiger partial charge in [0, 0.05) is 6.20 Å². The summed E-state index contributed by atoms with van der Waals surface area (Å²) in [6.45, 7) is 0. The van der Waals surface area contributed by atoms with E-state index in [1.807, 2.05) is 0 Å². The lowest BCUT2D eigenvalue weighted by Crippen LogP contribution is -2.30. The molecule has 1 aliphatic rings. The van der Waals surface area contributed by atoms with Gasteiger partial charge in [-0.3, -0.25) is 5.48 Å². The molecule has 0 radical (unpaired) electrons. The smallest absolute Gasteiger partial charge is 0.226 e. The number of rotatable bonds is 1. The van der Waals surface area contributed by atoms with Gasteiger partial charge in [-0.1, -0.05) is 0 Å². The number of alkyl halides is 1. The third kappa shape index (κ3) is 0.940. The topological polar surface area (TPSA) is 41.5 Å². The maximum absolute atomic E-state index is 9.00. The lowest BCUT2D eigenvalue weighted by molar-refractivity contribution is -0.165. The zero-order chi connectivity index (χ0) is 6.04.